The Morgan fingerprint density at radius 3 is 3.00 bits per heavy atom. The molecule has 2 rings (SSSR count). The number of pyridine rings is 1. The Balaban J connectivity index is 2.14. The van der Waals surface area contributed by atoms with Crippen molar-refractivity contribution in [2.75, 3.05) is 5.32 Å². The van der Waals surface area contributed by atoms with Crippen LogP contribution in [0.25, 0.3) is 0 Å². The minimum atomic E-state index is -0.645. The van der Waals surface area contributed by atoms with E-state index in [-0.39, 0.29) is 5.56 Å². The Morgan fingerprint density at radius 2 is 2.35 bits per heavy atom. The van der Waals surface area contributed by atoms with Gasteiger partial charge < -0.3 is 5.32 Å². The Labute approximate surface area is 97.3 Å². The fourth-order valence-electron chi connectivity index (χ4n) is 1.36. The van der Waals surface area contributed by atoms with E-state index in [4.69, 9.17) is 0 Å². The number of carbonyl (C=O) groups is 1. The van der Waals surface area contributed by atoms with Crippen LogP contribution < -0.4 is 5.32 Å². The van der Waals surface area contributed by atoms with Crippen molar-refractivity contribution in [2.45, 2.75) is 13.5 Å². The molecule has 0 radical (unpaired) electrons. The summed E-state index contributed by atoms with van der Waals surface area (Å²) in [7, 11) is 0. The van der Waals surface area contributed by atoms with Crippen molar-refractivity contribution in [3.63, 3.8) is 0 Å². The first-order valence-corrected chi connectivity index (χ1v) is 5.14. The highest BCUT2D eigenvalue weighted by molar-refractivity contribution is 6.04. The smallest absolute Gasteiger partial charge is 0.258 e. The van der Waals surface area contributed by atoms with Gasteiger partial charge in [-0.25, -0.2) is 4.39 Å². The van der Waals surface area contributed by atoms with E-state index in [2.05, 4.69) is 15.4 Å². The minimum Gasteiger partial charge on any atom is -0.319 e. The van der Waals surface area contributed by atoms with Crippen molar-refractivity contribution in [3.8, 4) is 0 Å². The van der Waals surface area contributed by atoms with Gasteiger partial charge >= 0.3 is 0 Å². The third-order valence-electron chi connectivity index (χ3n) is 2.23. The molecule has 0 unspecified atom stereocenters. The molecule has 2 heterocycles. The summed E-state index contributed by atoms with van der Waals surface area (Å²) in [6, 6.07) is 1.33. The topological polar surface area (TPSA) is 59.8 Å². The van der Waals surface area contributed by atoms with Gasteiger partial charge in [0.15, 0.2) is 5.82 Å². The number of carbonyl (C=O) groups excluding carboxylic acids is 1. The lowest BCUT2D eigenvalue weighted by molar-refractivity contribution is 0.102. The number of hydrogen-bond acceptors (Lipinski definition) is 3. The quantitative estimate of drug-likeness (QED) is 0.879. The van der Waals surface area contributed by atoms with E-state index in [0.29, 0.717) is 12.2 Å². The number of aryl methyl sites for hydroxylation is 1. The second kappa shape index (κ2) is 4.73. The van der Waals surface area contributed by atoms with E-state index in [1.165, 1.54) is 18.5 Å². The number of nitrogens with one attached hydrogen (secondary N) is 1. The molecule has 0 saturated heterocycles. The number of nitrogens with zero attached hydrogens (tertiary/aromatic N) is 3. The van der Waals surface area contributed by atoms with E-state index in [0.717, 1.165) is 6.20 Å². The van der Waals surface area contributed by atoms with Crippen LogP contribution >= 0.6 is 0 Å². The molecular formula is C11H11FN4O. The van der Waals surface area contributed by atoms with Crippen LogP contribution in [0.15, 0.2) is 30.9 Å². The van der Waals surface area contributed by atoms with E-state index in [1.807, 2.05) is 6.92 Å². The van der Waals surface area contributed by atoms with Crippen molar-refractivity contribution >= 4 is 11.6 Å². The van der Waals surface area contributed by atoms with Gasteiger partial charge in [-0.2, -0.15) is 5.10 Å². The molecule has 17 heavy (non-hydrogen) atoms. The van der Waals surface area contributed by atoms with E-state index in [9.17, 15) is 9.18 Å². The summed E-state index contributed by atoms with van der Waals surface area (Å²) >= 11 is 0. The lowest BCUT2D eigenvalue weighted by atomic mass is 10.2. The Hall–Kier alpha value is -2.24. The van der Waals surface area contributed by atoms with Crippen molar-refractivity contribution in [1.82, 2.24) is 14.8 Å². The molecule has 0 atom stereocenters. The second-order valence-corrected chi connectivity index (χ2v) is 3.39. The van der Waals surface area contributed by atoms with E-state index < -0.39 is 11.7 Å². The Bertz CT molecular complexity index is 538. The van der Waals surface area contributed by atoms with Gasteiger partial charge in [-0.05, 0) is 13.0 Å². The van der Waals surface area contributed by atoms with Gasteiger partial charge in [0.1, 0.15) is 0 Å². The highest BCUT2D eigenvalue weighted by atomic mass is 19.1. The van der Waals surface area contributed by atoms with Crippen LogP contribution in [0, 0.1) is 5.82 Å². The van der Waals surface area contributed by atoms with E-state index >= 15 is 0 Å². The summed E-state index contributed by atoms with van der Waals surface area (Å²) in [4.78, 5) is 15.3. The first-order valence-electron chi connectivity index (χ1n) is 5.14. The van der Waals surface area contributed by atoms with Crippen molar-refractivity contribution < 1.29 is 9.18 Å². The molecule has 5 nitrogen and oxygen atoms in total. The van der Waals surface area contributed by atoms with Gasteiger partial charge in [0.2, 0.25) is 0 Å². The lowest BCUT2D eigenvalue weighted by Gasteiger charge is -2.02. The summed E-state index contributed by atoms with van der Waals surface area (Å²) in [6.07, 6.45) is 5.56. The molecule has 0 aliphatic heterocycles. The zero-order chi connectivity index (χ0) is 12.3. The van der Waals surface area contributed by atoms with Gasteiger partial charge in [0.25, 0.3) is 5.91 Å². The largest absolute Gasteiger partial charge is 0.319 e. The SMILES string of the molecule is CCn1cc(NC(=O)c2ccncc2F)cn1. The molecule has 88 valence electrons. The molecule has 0 aliphatic rings. The Morgan fingerprint density at radius 1 is 1.53 bits per heavy atom. The maximum absolute atomic E-state index is 13.3. The Kier molecular flexibility index (Phi) is 3.13. The van der Waals surface area contributed by atoms with Crippen molar-refractivity contribution in [3.05, 3.63) is 42.2 Å². The van der Waals surface area contributed by atoms with Gasteiger partial charge in [-0.1, -0.05) is 0 Å². The lowest BCUT2D eigenvalue weighted by Crippen LogP contribution is -2.13. The summed E-state index contributed by atoms with van der Waals surface area (Å²) in [5.41, 5.74) is 0.498. The standard InChI is InChI=1S/C11H11FN4O/c1-2-16-7-8(5-14-16)15-11(17)9-3-4-13-6-10(9)12/h3-7H,2H2,1H3,(H,15,17). The maximum atomic E-state index is 13.3. The molecule has 0 fully saturated rings. The van der Waals surface area contributed by atoms with Crippen LogP contribution in [0.2, 0.25) is 0 Å². The highest BCUT2D eigenvalue weighted by Crippen LogP contribution is 2.10. The van der Waals surface area contributed by atoms with Crippen LogP contribution in [-0.2, 0) is 6.54 Å². The van der Waals surface area contributed by atoms with Gasteiger partial charge in [-0.15, -0.1) is 0 Å². The van der Waals surface area contributed by atoms with Crippen molar-refractivity contribution in [1.29, 1.82) is 0 Å². The summed E-state index contributed by atoms with van der Waals surface area (Å²) in [6.45, 7) is 2.64. The molecule has 1 N–H and O–H groups in total. The monoisotopic (exact) mass is 234 g/mol. The molecule has 0 bridgehead atoms. The third-order valence-corrected chi connectivity index (χ3v) is 2.23. The zero-order valence-corrected chi connectivity index (χ0v) is 9.22. The molecule has 0 spiro atoms. The maximum Gasteiger partial charge on any atom is 0.258 e. The summed E-state index contributed by atoms with van der Waals surface area (Å²) in [5.74, 6) is -1.16. The predicted octanol–water partition coefficient (Wildman–Crippen LogP) is 1.69. The molecule has 0 aliphatic carbocycles. The van der Waals surface area contributed by atoms with Crippen molar-refractivity contribution in [2.24, 2.45) is 0 Å². The number of halogens is 1. The number of amides is 1. The summed E-state index contributed by atoms with van der Waals surface area (Å²) in [5, 5.41) is 6.56. The average Bonchev–Trinajstić information content (AvgIpc) is 2.77. The van der Waals surface area contributed by atoms with E-state index in [1.54, 1.807) is 10.9 Å². The fourth-order valence-corrected chi connectivity index (χ4v) is 1.36. The van der Waals surface area contributed by atoms with Gasteiger partial charge in [0.05, 0.1) is 23.6 Å². The number of anilines is 1. The van der Waals surface area contributed by atoms with Crippen LogP contribution in [0.3, 0.4) is 0 Å². The van der Waals surface area contributed by atoms with Gasteiger partial charge in [-0.3, -0.25) is 14.5 Å². The van der Waals surface area contributed by atoms with Crippen LogP contribution in [0.1, 0.15) is 17.3 Å². The summed E-state index contributed by atoms with van der Waals surface area (Å²) < 4.78 is 14.9. The van der Waals surface area contributed by atoms with Crippen LogP contribution in [-0.4, -0.2) is 20.7 Å². The zero-order valence-electron chi connectivity index (χ0n) is 9.22. The highest BCUT2D eigenvalue weighted by Gasteiger charge is 2.11. The molecular weight excluding hydrogens is 223 g/mol. The predicted molar refractivity (Wildman–Crippen MR) is 60.0 cm³/mol. The molecule has 2 aromatic rings. The number of hydrogen-bond donors (Lipinski definition) is 1. The number of rotatable bonds is 3. The molecule has 0 saturated carbocycles. The van der Waals surface area contributed by atoms with Gasteiger partial charge in [0, 0.05) is 18.9 Å². The molecule has 2 aromatic heterocycles. The normalized spacial score (nSPS) is 10.2. The third kappa shape index (κ3) is 2.47. The number of aromatic nitrogens is 3. The molecule has 1 amide bonds. The fraction of sp³-hybridized carbons (Fsp3) is 0.182. The minimum absolute atomic E-state index is 0.0377. The van der Waals surface area contributed by atoms with Crippen LogP contribution in [0.4, 0.5) is 10.1 Å². The van der Waals surface area contributed by atoms with Crippen LogP contribution in [0.5, 0.6) is 0 Å². The first-order chi connectivity index (χ1) is 8.20. The molecule has 6 heteroatoms. The average molecular weight is 234 g/mol. The molecule has 0 aromatic carbocycles. The second-order valence-electron chi connectivity index (χ2n) is 3.39. The first kappa shape index (κ1) is 11.3.